The summed E-state index contributed by atoms with van der Waals surface area (Å²) in [6.07, 6.45) is 4.78. The lowest BCUT2D eigenvalue weighted by molar-refractivity contribution is 0.823. The molecule has 0 bridgehead atoms. The molecule has 0 N–H and O–H groups in total. The minimum Gasteiger partial charge on any atom is -0.341 e. The van der Waals surface area contributed by atoms with E-state index >= 15 is 0 Å². The maximum Gasteiger partial charge on any atom is 0.230 e. The van der Waals surface area contributed by atoms with E-state index in [1.54, 1.807) is 11.8 Å². The van der Waals surface area contributed by atoms with Crippen LogP contribution in [0.2, 0.25) is 5.28 Å². The molecule has 1 aliphatic rings. The number of nitrogens with zero attached hydrogens (tertiary/aromatic N) is 4. The minimum atomic E-state index is 0.306. The highest BCUT2D eigenvalue weighted by Gasteiger charge is 2.16. The first kappa shape index (κ1) is 12.9. The van der Waals surface area contributed by atoms with Crippen molar-refractivity contribution in [1.82, 2.24) is 15.0 Å². The molecule has 6 heteroatoms. The topological polar surface area (TPSA) is 41.9 Å². The van der Waals surface area contributed by atoms with Crippen LogP contribution in [0.15, 0.2) is 5.16 Å². The van der Waals surface area contributed by atoms with Crippen molar-refractivity contribution in [1.29, 1.82) is 0 Å². The molecule has 94 valence electrons. The van der Waals surface area contributed by atoms with Crippen LogP contribution in [0.3, 0.4) is 0 Å². The summed E-state index contributed by atoms with van der Waals surface area (Å²) in [4.78, 5) is 15.0. The van der Waals surface area contributed by atoms with E-state index in [1.807, 2.05) is 0 Å². The molecule has 0 atom stereocenters. The number of anilines is 1. The first-order chi connectivity index (χ1) is 8.29. The molecule has 0 unspecified atom stereocenters. The van der Waals surface area contributed by atoms with E-state index < -0.39 is 0 Å². The smallest absolute Gasteiger partial charge is 0.230 e. The summed E-state index contributed by atoms with van der Waals surface area (Å²) < 4.78 is 0. The molecule has 0 amide bonds. The number of rotatable bonds is 5. The lowest BCUT2D eigenvalue weighted by atomic mass is 10.4. The molecule has 4 nitrogen and oxygen atoms in total. The van der Waals surface area contributed by atoms with Crippen LogP contribution in [-0.2, 0) is 0 Å². The number of thioether (sulfide) groups is 1. The van der Waals surface area contributed by atoms with E-state index in [9.17, 15) is 0 Å². The number of hydrogen-bond donors (Lipinski definition) is 0. The van der Waals surface area contributed by atoms with Crippen LogP contribution >= 0.6 is 23.4 Å². The fourth-order valence-electron chi connectivity index (χ4n) is 1.75. The third-order valence-corrected chi connectivity index (χ3v) is 3.80. The highest BCUT2D eigenvalue weighted by atomic mass is 35.5. The lowest BCUT2D eigenvalue weighted by Crippen LogP contribution is -2.21. The molecule has 0 aromatic carbocycles. The molecular formula is C11H17ClN4S. The lowest BCUT2D eigenvalue weighted by Gasteiger charge is -2.15. The van der Waals surface area contributed by atoms with E-state index in [0.29, 0.717) is 5.28 Å². The minimum absolute atomic E-state index is 0.306. The van der Waals surface area contributed by atoms with Gasteiger partial charge in [0.05, 0.1) is 0 Å². The average molecular weight is 273 g/mol. The van der Waals surface area contributed by atoms with Gasteiger partial charge in [0, 0.05) is 18.8 Å². The van der Waals surface area contributed by atoms with Gasteiger partial charge in [0.1, 0.15) is 0 Å². The van der Waals surface area contributed by atoms with Gasteiger partial charge in [-0.25, -0.2) is 0 Å². The number of hydrogen-bond acceptors (Lipinski definition) is 5. The predicted molar refractivity (Wildman–Crippen MR) is 71.9 cm³/mol. The van der Waals surface area contributed by atoms with Gasteiger partial charge in [-0.3, -0.25) is 0 Å². The highest BCUT2D eigenvalue weighted by Crippen LogP contribution is 2.22. The normalized spacial score (nSPS) is 15.5. The predicted octanol–water partition coefficient (Wildman–Crippen LogP) is 3.02. The number of unbranched alkanes of at least 4 members (excludes halogenated alkanes) is 1. The molecule has 0 saturated carbocycles. The van der Waals surface area contributed by atoms with Crippen LogP contribution in [0.5, 0.6) is 0 Å². The Morgan fingerprint density at radius 2 is 2.00 bits per heavy atom. The van der Waals surface area contributed by atoms with Crippen molar-refractivity contribution in [3.63, 3.8) is 0 Å². The fraction of sp³-hybridized carbons (Fsp3) is 0.727. The molecule has 1 aliphatic heterocycles. The van der Waals surface area contributed by atoms with E-state index in [-0.39, 0.29) is 0 Å². The van der Waals surface area contributed by atoms with Gasteiger partial charge in [0.15, 0.2) is 5.16 Å². The van der Waals surface area contributed by atoms with Crippen LogP contribution in [-0.4, -0.2) is 33.8 Å². The van der Waals surface area contributed by atoms with Crippen LogP contribution in [0.1, 0.15) is 32.6 Å². The van der Waals surface area contributed by atoms with Gasteiger partial charge in [-0.1, -0.05) is 25.1 Å². The van der Waals surface area contributed by atoms with Crippen molar-refractivity contribution >= 4 is 29.3 Å². The zero-order valence-corrected chi connectivity index (χ0v) is 11.6. The largest absolute Gasteiger partial charge is 0.341 e. The molecule has 1 aromatic rings. The van der Waals surface area contributed by atoms with Crippen molar-refractivity contribution in [2.24, 2.45) is 0 Å². The molecule has 1 saturated heterocycles. The second-order valence-electron chi connectivity index (χ2n) is 4.08. The van der Waals surface area contributed by atoms with Gasteiger partial charge in [-0.15, -0.1) is 0 Å². The zero-order chi connectivity index (χ0) is 12.1. The number of aromatic nitrogens is 3. The van der Waals surface area contributed by atoms with Crippen LogP contribution in [0.25, 0.3) is 0 Å². The standard InChI is InChI=1S/C11H17ClN4S/c1-2-3-8-17-11-14-9(12)13-10(15-11)16-6-4-5-7-16/h2-8H2,1H3. The third kappa shape index (κ3) is 3.71. The van der Waals surface area contributed by atoms with Crippen molar-refractivity contribution in [3.05, 3.63) is 5.28 Å². The van der Waals surface area contributed by atoms with Crippen LogP contribution in [0, 0.1) is 0 Å². The van der Waals surface area contributed by atoms with E-state index in [4.69, 9.17) is 11.6 Å². The van der Waals surface area contributed by atoms with Crippen molar-refractivity contribution in [3.8, 4) is 0 Å². The van der Waals surface area contributed by atoms with Crippen LogP contribution < -0.4 is 4.90 Å². The molecule has 2 rings (SSSR count). The fourth-order valence-corrected chi connectivity index (χ4v) is 2.87. The Morgan fingerprint density at radius 1 is 1.24 bits per heavy atom. The zero-order valence-electron chi connectivity index (χ0n) is 10.0. The molecule has 0 aliphatic carbocycles. The first-order valence-electron chi connectivity index (χ1n) is 6.09. The maximum atomic E-state index is 5.94. The Kier molecular flexibility index (Phi) is 4.86. The summed E-state index contributed by atoms with van der Waals surface area (Å²) in [6, 6.07) is 0. The second kappa shape index (κ2) is 6.40. The van der Waals surface area contributed by atoms with Gasteiger partial charge in [-0.05, 0) is 30.9 Å². The van der Waals surface area contributed by atoms with Crippen molar-refractivity contribution in [2.75, 3.05) is 23.7 Å². The molecule has 0 radical (unpaired) electrons. The van der Waals surface area contributed by atoms with Gasteiger partial charge in [0.25, 0.3) is 0 Å². The van der Waals surface area contributed by atoms with Gasteiger partial charge in [0.2, 0.25) is 11.2 Å². The highest BCUT2D eigenvalue weighted by molar-refractivity contribution is 7.99. The van der Waals surface area contributed by atoms with Gasteiger partial charge in [-0.2, -0.15) is 15.0 Å². The Bertz CT molecular complexity index is 368. The molecule has 1 aromatic heterocycles. The van der Waals surface area contributed by atoms with Crippen LogP contribution in [0.4, 0.5) is 5.95 Å². The summed E-state index contributed by atoms with van der Waals surface area (Å²) in [5.41, 5.74) is 0. The van der Waals surface area contributed by atoms with E-state index in [0.717, 1.165) is 29.9 Å². The average Bonchev–Trinajstić information content (AvgIpc) is 2.82. The first-order valence-corrected chi connectivity index (χ1v) is 7.45. The summed E-state index contributed by atoms with van der Waals surface area (Å²) in [6.45, 7) is 4.23. The Hall–Kier alpha value is -0.550. The Morgan fingerprint density at radius 3 is 2.71 bits per heavy atom. The molecule has 1 fully saturated rings. The monoisotopic (exact) mass is 272 g/mol. The quantitative estimate of drug-likeness (QED) is 0.609. The summed E-state index contributed by atoms with van der Waals surface area (Å²) in [5.74, 6) is 1.78. The van der Waals surface area contributed by atoms with E-state index in [2.05, 4.69) is 26.8 Å². The van der Waals surface area contributed by atoms with Gasteiger partial charge >= 0.3 is 0 Å². The molecule has 17 heavy (non-hydrogen) atoms. The Labute approximate surface area is 111 Å². The Balaban J connectivity index is 2.05. The molecular weight excluding hydrogens is 256 g/mol. The van der Waals surface area contributed by atoms with Crippen molar-refractivity contribution in [2.45, 2.75) is 37.8 Å². The SMILES string of the molecule is CCCCSc1nc(Cl)nc(N2CCCC2)n1. The maximum absolute atomic E-state index is 5.94. The van der Waals surface area contributed by atoms with Gasteiger partial charge < -0.3 is 4.90 Å². The van der Waals surface area contributed by atoms with Crippen molar-refractivity contribution < 1.29 is 0 Å². The second-order valence-corrected chi connectivity index (χ2v) is 5.48. The summed E-state index contributed by atoms with van der Waals surface area (Å²) in [5, 5.41) is 1.06. The third-order valence-electron chi connectivity index (χ3n) is 2.69. The molecule has 2 heterocycles. The van der Waals surface area contributed by atoms with E-state index in [1.165, 1.54) is 25.7 Å². The summed E-state index contributed by atoms with van der Waals surface area (Å²) in [7, 11) is 0. The summed E-state index contributed by atoms with van der Waals surface area (Å²) >= 11 is 7.60. The number of halogens is 1. The molecule has 0 spiro atoms.